The molecule has 0 saturated carbocycles. The maximum absolute atomic E-state index is 8.76. The number of nitrogens with zero attached hydrogens (tertiary/aromatic N) is 3. The van der Waals surface area contributed by atoms with E-state index in [0.717, 1.165) is 54.7 Å². The quantitative estimate of drug-likeness (QED) is 0.118. The molecule has 3 aromatic heterocycles. The van der Waals surface area contributed by atoms with Crippen LogP contribution in [-0.4, -0.2) is 27.8 Å². The maximum Gasteiger partial charge on any atom is 0 e. The van der Waals surface area contributed by atoms with Gasteiger partial charge in [-0.2, -0.15) is 11.3 Å². The second kappa shape index (κ2) is 19.7. The molecule has 3 heterocycles. The summed E-state index contributed by atoms with van der Waals surface area (Å²) in [5, 5.41) is 4.83. The fraction of sp³-hybridized carbons (Fsp3) is 0.188. The third-order valence-corrected chi connectivity index (χ3v) is 18.0. The molecule has 6 heteroatoms. The molecule has 0 bridgehead atoms. The minimum absolute atomic E-state index is 0. The van der Waals surface area contributed by atoms with Crippen LogP contribution in [0.25, 0.3) is 92.6 Å². The number of hydrogen-bond acceptors (Lipinski definition) is 3. The molecule has 0 aliphatic rings. The standard InChI is InChI=1S/C45H33N2S.C19H26GeN.Ir/c1-45(2,3)34-21-24-39(37(28-34)30-14-8-5-9-15-30)47-40-23-19-31-16-10-11-17-35(31)43(40)46-44(47)33-20-25-41-38(26-33)36-22-18-32(27-42(36)48-41)29-12-6-4-7-13-29;1-19(2,3)13-16-12-18(15-10-8-7-9-11-15)21-14-17(16)20(4,5)6;/h4-19,21-28H,1-3H3;7-10,12,14H,13H2,1-6H3;/q2*-1;/i;13D2;. The van der Waals surface area contributed by atoms with Gasteiger partial charge in [-0.25, -0.2) is 0 Å². The number of rotatable bonds is 7. The van der Waals surface area contributed by atoms with Gasteiger partial charge in [0, 0.05) is 41.4 Å². The molecule has 0 saturated heterocycles. The molecule has 0 aliphatic carbocycles. The Bertz CT molecular complexity index is 3730. The molecular formula is C64H59GeIrN3S-2. The number of benzene rings is 8. The fourth-order valence-corrected chi connectivity index (χ4v) is 13.2. The first-order valence-corrected chi connectivity index (χ1v) is 32.1. The first kappa shape index (κ1) is 46.4. The number of imidazole rings is 1. The van der Waals surface area contributed by atoms with Crippen molar-refractivity contribution < 1.29 is 22.8 Å². The Morgan fingerprint density at radius 1 is 0.629 bits per heavy atom. The molecule has 0 spiro atoms. The Morgan fingerprint density at radius 2 is 1.34 bits per heavy atom. The maximum atomic E-state index is 8.76. The van der Waals surface area contributed by atoms with Crippen LogP contribution in [0.4, 0.5) is 0 Å². The molecule has 3 nitrogen and oxygen atoms in total. The van der Waals surface area contributed by atoms with E-state index >= 15 is 0 Å². The van der Waals surface area contributed by atoms with Gasteiger partial charge in [0.1, 0.15) is 0 Å². The zero-order chi connectivity index (χ0) is 49.9. The average molecular weight is 1170 g/mol. The van der Waals surface area contributed by atoms with Crippen LogP contribution >= 0.6 is 11.3 Å². The third-order valence-electron chi connectivity index (χ3n) is 12.7. The van der Waals surface area contributed by atoms with Crippen LogP contribution in [0.3, 0.4) is 0 Å². The third kappa shape index (κ3) is 10.1. The Labute approximate surface area is 437 Å². The van der Waals surface area contributed by atoms with Crippen molar-refractivity contribution in [1.82, 2.24) is 14.5 Å². The molecule has 0 amide bonds. The van der Waals surface area contributed by atoms with Gasteiger partial charge in [-0.3, -0.25) is 4.98 Å². The van der Waals surface area contributed by atoms with Gasteiger partial charge in [0.2, 0.25) is 0 Å². The minimum Gasteiger partial charge on any atom is 0 e. The summed E-state index contributed by atoms with van der Waals surface area (Å²) >= 11 is -0.414. The predicted molar refractivity (Wildman–Crippen MR) is 300 cm³/mol. The number of hydrogen-bond donors (Lipinski definition) is 0. The van der Waals surface area contributed by atoms with Crippen LogP contribution in [-0.2, 0) is 31.9 Å². The number of pyridine rings is 1. The predicted octanol–water partition coefficient (Wildman–Crippen LogP) is 17.3. The molecular weight excluding hydrogens is 1110 g/mol. The molecule has 70 heavy (non-hydrogen) atoms. The van der Waals surface area contributed by atoms with Crippen LogP contribution < -0.4 is 4.40 Å². The van der Waals surface area contributed by atoms with Crippen LogP contribution in [0.15, 0.2) is 182 Å². The molecule has 0 N–H and O–H groups in total. The molecule has 8 aromatic carbocycles. The summed E-state index contributed by atoms with van der Waals surface area (Å²) in [4.78, 5) is 10.1. The van der Waals surface area contributed by atoms with Gasteiger partial charge >= 0.3 is 135 Å². The van der Waals surface area contributed by atoms with Crippen LogP contribution in [0, 0.1) is 17.5 Å². The SMILES string of the molecule is CC(C)(C)c1ccc(-n2c(-c3[c-]cc4sc5cc(-c6ccccc6)ccc5c4c3)nc3c4ccccc4ccc32)c(-c2ccccc2)c1.[2H]C([2H])(c1cc(-c2[c-]cccc2)nc[c]1[Ge]([CH3])([CH3])[CH3])C(C)(C)C.[Ir]. The van der Waals surface area contributed by atoms with Crippen molar-refractivity contribution in [2.75, 3.05) is 0 Å². The molecule has 351 valence electrons. The summed E-state index contributed by atoms with van der Waals surface area (Å²) < 4.78 is 23.5. The largest absolute Gasteiger partial charge is 0 e. The van der Waals surface area contributed by atoms with Gasteiger partial charge in [-0.1, -0.05) is 135 Å². The summed E-state index contributed by atoms with van der Waals surface area (Å²) in [6.07, 6.45) is 0.502. The van der Waals surface area contributed by atoms with Crippen molar-refractivity contribution in [3.8, 4) is 50.6 Å². The Kier molecular flexibility index (Phi) is 13.1. The van der Waals surface area contributed by atoms with E-state index in [-0.39, 0.29) is 25.5 Å². The molecule has 1 radical (unpaired) electrons. The van der Waals surface area contributed by atoms with Gasteiger partial charge in [-0.05, 0) is 67.4 Å². The number of fused-ring (bicyclic) bond motifs is 6. The van der Waals surface area contributed by atoms with E-state index < -0.39 is 25.1 Å². The van der Waals surface area contributed by atoms with Gasteiger partial charge in [-0.15, -0.1) is 23.8 Å². The molecule has 0 unspecified atom stereocenters. The second-order valence-corrected chi connectivity index (χ2v) is 32.7. The first-order valence-electron chi connectivity index (χ1n) is 24.9. The minimum atomic E-state index is -2.24. The van der Waals surface area contributed by atoms with E-state index in [2.05, 4.69) is 205 Å². The zero-order valence-electron chi connectivity index (χ0n) is 43.4. The average Bonchev–Trinajstić information content (AvgIpc) is 3.94. The Hall–Kier alpha value is -5.95. The second-order valence-electron chi connectivity index (χ2n) is 21.1. The summed E-state index contributed by atoms with van der Waals surface area (Å²) in [5.74, 6) is 7.75. The van der Waals surface area contributed by atoms with E-state index in [1.54, 1.807) is 0 Å². The van der Waals surface area contributed by atoms with Crippen molar-refractivity contribution in [3.05, 3.63) is 205 Å². The van der Waals surface area contributed by atoms with Crippen molar-refractivity contribution in [1.29, 1.82) is 0 Å². The van der Waals surface area contributed by atoms with Crippen LogP contribution in [0.2, 0.25) is 17.3 Å². The normalized spacial score (nSPS) is 12.6. The Balaban J connectivity index is 0.000000226. The van der Waals surface area contributed by atoms with Crippen LogP contribution in [0.1, 0.15) is 55.4 Å². The monoisotopic (exact) mass is 1170 g/mol. The van der Waals surface area contributed by atoms with Gasteiger partial charge in [0.25, 0.3) is 0 Å². The van der Waals surface area contributed by atoms with Crippen molar-refractivity contribution in [3.63, 3.8) is 0 Å². The molecule has 11 aromatic rings. The van der Waals surface area contributed by atoms with Crippen molar-refractivity contribution >= 4 is 71.0 Å². The summed E-state index contributed by atoms with van der Waals surface area (Å²) in [7, 11) is 0. The molecule has 0 atom stereocenters. The smallest absolute Gasteiger partial charge is 0 e. The first-order chi connectivity index (χ1) is 33.9. The van der Waals surface area contributed by atoms with E-state index in [4.69, 9.17) is 7.73 Å². The van der Waals surface area contributed by atoms with E-state index in [0.29, 0.717) is 0 Å². The summed E-state index contributed by atoms with van der Waals surface area (Å²) in [6, 6.07) is 69.1. The van der Waals surface area contributed by atoms with Gasteiger partial charge in [0.05, 0.1) is 16.9 Å². The van der Waals surface area contributed by atoms with Crippen molar-refractivity contribution in [2.45, 2.75) is 70.6 Å². The number of thiophene rings is 1. The number of aromatic nitrogens is 3. The van der Waals surface area contributed by atoms with Gasteiger partial charge in [0.15, 0.2) is 0 Å². The van der Waals surface area contributed by atoms with E-state index in [9.17, 15) is 0 Å². The molecule has 11 rings (SSSR count). The van der Waals surface area contributed by atoms with Gasteiger partial charge < -0.3 is 4.57 Å². The van der Waals surface area contributed by atoms with Crippen molar-refractivity contribution in [2.24, 2.45) is 5.41 Å². The topological polar surface area (TPSA) is 30.7 Å². The summed E-state index contributed by atoms with van der Waals surface area (Å²) in [5.41, 5.74) is 12.4. The fourth-order valence-electron chi connectivity index (χ4n) is 9.20. The Morgan fingerprint density at radius 3 is 2.04 bits per heavy atom. The van der Waals surface area contributed by atoms with Crippen LogP contribution in [0.5, 0.6) is 0 Å². The summed E-state index contributed by atoms with van der Waals surface area (Å²) in [6.45, 7) is 12.7. The van der Waals surface area contributed by atoms with E-state index in [1.807, 2.05) is 68.6 Å². The van der Waals surface area contributed by atoms with E-state index in [1.165, 1.54) is 53.4 Å². The molecule has 0 fully saturated rings. The zero-order valence-corrected chi connectivity index (χ0v) is 46.7. The molecule has 0 aliphatic heterocycles.